The zero-order chi connectivity index (χ0) is 13.7. The fourth-order valence-corrected chi connectivity index (χ4v) is 1.92. The third-order valence-electron chi connectivity index (χ3n) is 1.70. The molecule has 0 aliphatic carbocycles. The number of nitrogens with two attached hydrogens (primary N) is 1. The third-order valence-corrected chi connectivity index (χ3v) is 3.13. The van der Waals surface area contributed by atoms with Crippen molar-refractivity contribution in [3.63, 3.8) is 0 Å². The molecule has 1 atom stereocenters. The van der Waals surface area contributed by atoms with Gasteiger partial charge in [-0.2, -0.15) is 13.2 Å². The zero-order valence-electron chi connectivity index (χ0n) is 8.70. The van der Waals surface area contributed by atoms with Gasteiger partial charge >= 0.3 is 6.18 Å². The molecule has 0 saturated heterocycles. The molecule has 0 aliphatic rings. The lowest BCUT2D eigenvalue weighted by molar-refractivity contribution is -0.134. The summed E-state index contributed by atoms with van der Waals surface area (Å²) in [6.45, 7) is -0.649. The monoisotopic (exact) mass is 278 g/mol. The van der Waals surface area contributed by atoms with Crippen molar-refractivity contribution in [2.45, 2.75) is 25.1 Å². The summed E-state index contributed by atoms with van der Waals surface area (Å²) < 4.78 is 59.2. The molecular weight excluding hydrogens is 265 g/mol. The molecule has 10 heteroatoms. The van der Waals surface area contributed by atoms with Crippen LogP contribution in [0.3, 0.4) is 0 Å². The number of halogens is 3. The molecule has 0 aromatic rings. The van der Waals surface area contributed by atoms with E-state index in [1.807, 2.05) is 0 Å². The smallest absolute Gasteiger partial charge is 0.382 e. The van der Waals surface area contributed by atoms with Gasteiger partial charge in [-0.25, -0.2) is 13.1 Å². The largest absolute Gasteiger partial charge is 0.389 e. The Bertz CT molecular complexity index is 355. The van der Waals surface area contributed by atoms with Crippen LogP contribution in [-0.4, -0.2) is 44.0 Å². The molecule has 0 saturated carbocycles. The number of aliphatic hydroxyl groups excluding tert-OH is 1. The number of carbonyl (C=O) groups is 1. The Hall–Kier alpha value is -0.870. The summed E-state index contributed by atoms with van der Waals surface area (Å²) in [6.07, 6.45) is -7.92. The Morgan fingerprint density at radius 1 is 1.41 bits per heavy atom. The van der Waals surface area contributed by atoms with Crippen LogP contribution in [0.5, 0.6) is 0 Å². The van der Waals surface area contributed by atoms with Crippen LogP contribution in [0.2, 0.25) is 0 Å². The average Bonchev–Trinajstić information content (AvgIpc) is 2.11. The molecule has 0 rings (SSSR count). The quantitative estimate of drug-likeness (QED) is 0.560. The van der Waals surface area contributed by atoms with Crippen molar-refractivity contribution < 1.29 is 31.5 Å². The minimum absolute atomic E-state index is 0.592. The highest BCUT2D eigenvalue weighted by Gasteiger charge is 2.27. The first-order valence-electron chi connectivity index (χ1n) is 4.55. The first kappa shape index (κ1) is 16.1. The molecule has 4 N–H and O–H groups in total. The van der Waals surface area contributed by atoms with E-state index in [1.54, 1.807) is 4.72 Å². The van der Waals surface area contributed by atoms with E-state index in [2.05, 4.69) is 5.73 Å². The molecule has 0 aliphatic heterocycles. The Morgan fingerprint density at radius 2 is 1.94 bits per heavy atom. The Labute approximate surface area is 96.0 Å². The van der Waals surface area contributed by atoms with Crippen LogP contribution in [0.25, 0.3) is 0 Å². The van der Waals surface area contributed by atoms with Crippen molar-refractivity contribution in [3.8, 4) is 0 Å². The lowest BCUT2D eigenvalue weighted by atomic mass is 10.3. The van der Waals surface area contributed by atoms with E-state index in [4.69, 9.17) is 5.11 Å². The van der Waals surface area contributed by atoms with Gasteiger partial charge in [-0.15, -0.1) is 0 Å². The van der Waals surface area contributed by atoms with E-state index in [-0.39, 0.29) is 0 Å². The van der Waals surface area contributed by atoms with Crippen molar-refractivity contribution in [1.82, 2.24) is 4.72 Å². The average molecular weight is 278 g/mol. The Kier molecular flexibility index (Phi) is 5.85. The highest BCUT2D eigenvalue weighted by atomic mass is 32.2. The van der Waals surface area contributed by atoms with Gasteiger partial charge in [0.2, 0.25) is 15.9 Å². The minimum Gasteiger partial charge on any atom is -0.382 e. The minimum atomic E-state index is -4.41. The molecule has 0 spiro atoms. The second-order valence-electron chi connectivity index (χ2n) is 3.30. The van der Waals surface area contributed by atoms with Crippen molar-refractivity contribution in [2.24, 2.45) is 5.73 Å². The summed E-state index contributed by atoms with van der Waals surface area (Å²) in [5, 5.41) is 8.86. The normalized spacial score (nSPS) is 14.6. The lowest BCUT2D eigenvalue weighted by Gasteiger charge is -2.10. The van der Waals surface area contributed by atoms with Gasteiger partial charge in [-0.05, 0) is 6.42 Å². The second-order valence-corrected chi connectivity index (χ2v) is 5.23. The van der Waals surface area contributed by atoms with Gasteiger partial charge < -0.3 is 10.8 Å². The van der Waals surface area contributed by atoms with Crippen LogP contribution in [0.1, 0.15) is 12.8 Å². The highest BCUT2D eigenvalue weighted by molar-refractivity contribution is 7.89. The van der Waals surface area contributed by atoms with E-state index < -0.39 is 53.3 Å². The van der Waals surface area contributed by atoms with Gasteiger partial charge in [0.25, 0.3) is 0 Å². The molecular formula is C7H13F3N2O4S. The summed E-state index contributed by atoms with van der Waals surface area (Å²) >= 11 is 0. The number of hydrogen-bond donors (Lipinski definition) is 3. The van der Waals surface area contributed by atoms with Gasteiger partial charge in [-0.3, -0.25) is 4.79 Å². The van der Waals surface area contributed by atoms with Crippen LogP contribution in [0.4, 0.5) is 13.2 Å². The van der Waals surface area contributed by atoms with Crippen LogP contribution in [0.15, 0.2) is 0 Å². The maximum atomic E-state index is 11.7. The number of sulfonamides is 1. The molecule has 6 nitrogen and oxygen atoms in total. The maximum absolute atomic E-state index is 11.7. The van der Waals surface area contributed by atoms with E-state index in [0.717, 1.165) is 0 Å². The number of alkyl halides is 3. The van der Waals surface area contributed by atoms with Crippen LogP contribution >= 0.6 is 0 Å². The molecule has 0 aromatic heterocycles. The summed E-state index contributed by atoms with van der Waals surface area (Å²) in [4.78, 5) is 10.4. The highest BCUT2D eigenvalue weighted by Crippen LogP contribution is 2.21. The first-order chi connectivity index (χ1) is 7.53. The number of carbonyl (C=O) groups excluding carboxylic acids is 1. The number of aliphatic hydroxyl groups is 1. The molecule has 102 valence electrons. The fraction of sp³-hybridized carbons (Fsp3) is 0.857. The van der Waals surface area contributed by atoms with E-state index in [9.17, 15) is 26.4 Å². The molecule has 0 bridgehead atoms. The molecule has 1 amide bonds. The first-order valence-corrected chi connectivity index (χ1v) is 6.20. The number of nitrogens with one attached hydrogen (secondary N) is 1. The number of amides is 1. The summed E-state index contributed by atoms with van der Waals surface area (Å²) in [7, 11) is -3.95. The molecule has 0 aromatic carbocycles. The summed E-state index contributed by atoms with van der Waals surface area (Å²) in [5.74, 6) is -1.86. The van der Waals surface area contributed by atoms with Crippen LogP contribution in [0, 0.1) is 0 Å². The topological polar surface area (TPSA) is 109 Å². The number of primary amides is 1. The SMILES string of the molecule is NC(=O)C(O)CNS(=O)(=O)CCCC(F)(F)F. The van der Waals surface area contributed by atoms with Crippen molar-refractivity contribution in [2.75, 3.05) is 12.3 Å². The van der Waals surface area contributed by atoms with Crippen molar-refractivity contribution in [3.05, 3.63) is 0 Å². The van der Waals surface area contributed by atoms with Crippen molar-refractivity contribution >= 4 is 15.9 Å². The number of rotatable bonds is 7. The van der Waals surface area contributed by atoms with Gasteiger partial charge in [0.1, 0.15) is 6.10 Å². The van der Waals surface area contributed by atoms with Gasteiger partial charge in [0.15, 0.2) is 0 Å². The molecule has 0 radical (unpaired) electrons. The predicted octanol–water partition coefficient (Wildman–Crippen LogP) is -0.906. The van der Waals surface area contributed by atoms with Gasteiger partial charge in [0.05, 0.1) is 5.75 Å². The lowest BCUT2D eigenvalue weighted by Crippen LogP contribution is -2.40. The Balaban J connectivity index is 4.01. The molecule has 0 fully saturated rings. The number of hydrogen-bond acceptors (Lipinski definition) is 4. The summed E-state index contributed by atoms with van der Waals surface area (Å²) in [5.41, 5.74) is 4.65. The third kappa shape index (κ3) is 8.89. The van der Waals surface area contributed by atoms with Gasteiger partial charge in [0, 0.05) is 13.0 Å². The second kappa shape index (κ2) is 6.17. The molecule has 17 heavy (non-hydrogen) atoms. The van der Waals surface area contributed by atoms with E-state index in [1.165, 1.54) is 0 Å². The fourth-order valence-electron chi connectivity index (χ4n) is 0.841. The summed E-state index contributed by atoms with van der Waals surface area (Å²) in [6, 6.07) is 0. The molecule has 1 unspecified atom stereocenters. The van der Waals surface area contributed by atoms with Crippen LogP contribution < -0.4 is 10.5 Å². The Morgan fingerprint density at radius 3 is 2.35 bits per heavy atom. The van der Waals surface area contributed by atoms with E-state index >= 15 is 0 Å². The van der Waals surface area contributed by atoms with Gasteiger partial charge in [-0.1, -0.05) is 0 Å². The van der Waals surface area contributed by atoms with Crippen molar-refractivity contribution in [1.29, 1.82) is 0 Å². The maximum Gasteiger partial charge on any atom is 0.389 e. The zero-order valence-corrected chi connectivity index (χ0v) is 9.51. The molecule has 0 heterocycles. The van der Waals surface area contributed by atoms with Crippen LogP contribution in [-0.2, 0) is 14.8 Å². The predicted molar refractivity (Wildman–Crippen MR) is 52.3 cm³/mol. The standard InChI is InChI=1S/C7H13F3N2O4S/c8-7(9,10)2-1-3-17(15,16)12-4-5(13)6(11)14/h5,12-13H,1-4H2,(H2,11,14). The van der Waals surface area contributed by atoms with E-state index in [0.29, 0.717) is 0 Å².